The first-order valence-corrected chi connectivity index (χ1v) is 11.7. The molecule has 1 atom stereocenters. The molecule has 1 unspecified atom stereocenters. The second-order valence-electron chi connectivity index (χ2n) is 7.79. The molecule has 0 saturated carbocycles. The van der Waals surface area contributed by atoms with E-state index in [2.05, 4.69) is 4.72 Å². The van der Waals surface area contributed by atoms with Crippen LogP contribution in [-0.2, 0) is 10.0 Å². The van der Waals surface area contributed by atoms with E-state index < -0.39 is 10.0 Å². The minimum Gasteiger partial charge on any atom is -0.496 e. The number of nitrogens with zero attached hydrogens (tertiary/aromatic N) is 1. The molecule has 0 aliphatic heterocycles. The number of ether oxygens (including phenoxy) is 1. The molecule has 0 fully saturated rings. The van der Waals surface area contributed by atoms with E-state index in [1.54, 1.807) is 62.4 Å². The van der Waals surface area contributed by atoms with Crippen molar-refractivity contribution in [1.29, 1.82) is 0 Å². The summed E-state index contributed by atoms with van der Waals surface area (Å²) in [5, 5.41) is 0. The molecule has 6 nitrogen and oxygen atoms in total. The zero-order valence-electron chi connectivity index (χ0n) is 18.9. The van der Waals surface area contributed by atoms with Crippen molar-refractivity contribution in [3.05, 3.63) is 89.0 Å². The van der Waals surface area contributed by atoms with E-state index in [9.17, 15) is 13.2 Å². The predicted octanol–water partition coefficient (Wildman–Crippen LogP) is 4.95. The van der Waals surface area contributed by atoms with Crippen LogP contribution in [0.25, 0.3) is 0 Å². The molecule has 0 bridgehead atoms. The number of carbonyl (C=O) groups excluding carboxylic acids is 1. The van der Waals surface area contributed by atoms with Crippen molar-refractivity contribution in [3.63, 3.8) is 0 Å². The average molecular weight is 453 g/mol. The van der Waals surface area contributed by atoms with Crippen molar-refractivity contribution >= 4 is 21.6 Å². The fourth-order valence-corrected chi connectivity index (χ4v) is 4.88. The van der Waals surface area contributed by atoms with Crippen molar-refractivity contribution in [3.8, 4) is 5.75 Å². The molecule has 1 N–H and O–H groups in total. The number of benzene rings is 3. The Labute approximate surface area is 189 Å². The number of amides is 1. The van der Waals surface area contributed by atoms with Gasteiger partial charge in [-0.2, -0.15) is 0 Å². The Balaban J connectivity index is 1.77. The number of para-hydroxylation sites is 1. The Bertz CT molecular complexity index is 1220. The van der Waals surface area contributed by atoms with Crippen LogP contribution in [0.3, 0.4) is 0 Å². The van der Waals surface area contributed by atoms with Gasteiger partial charge in [0.2, 0.25) is 0 Å². The first kappa shape index (κ1) is 23.3. The van der Waals surface area contributed by atoms with Crippen molar-refractivity contribution in [2.24, 2.45) is 0 Å². The Morgan fingerprint density at radius 2 is 1.66 bits per heavy atom. The van der Waals surface area contributed by atoms with Crippen molar-refractivity contribution in [2.75, 3.05) is 18.9 Å². The van der Waals surface area contributed by atoms with E-state index in [0.29, 0.717) is 16.8 Å². The van der Waals surface area contributed by atoms with Crippen molar-refractivity contribution < 1.29 is 17.9 Å². The summed E-state index contributed by atoms with van der Waals surface area (Å²) >= 11 is 0. The molecule has 0 spiro atoms. The number of nitrogens with one attached hydrogen (secondary N) is 1. The topological polar surface area (TPSA) is 75.7 Å². The first-order valence-electron chi connectivity index (χ1n) is 10.2. The molecule has 3 rings (SSSR count). The predicted molar refractivity (Wildman–Crippen MR) is 127 cm³/mol. The summed E-state index contributed by atoms with van der Waals surface area (Å²) in [6.45, 7) is 5.54. The lowest BCUT2D eigenvalue weighted by Crippen LogP contribution is -2.29. The van der Waals surface area contributed by atoms with E-state index in [1.165, 1.54) is 0 Å². The van der Waals surface area contributed by atoms with Crippen molar-refractivity contribution in [2.45, 2.75) is 31.7 Å². The Hall–Kier alpha value is -3.32. The summed E-state index contributed by atoms with van der Waals surface area (Å²) in [4.78, 5) is 14.9. The lowest BCUT2D eigenvalue weighted by molar-refractivity contribution is 0.0741. The summed E-state index contributed by atoms with van der Waals surface area (Å²) < 4.78 is 33.6. The average Bonchev–Trinajstić information content (AvgIpc) is 2.79. The fraction of sp³-hybridized carbons (Fsp3) is 0.240. The number of methoxy groups -OCH3 is 1. The number of hydrogen-bond donors (Lipinski definition) is 1. The third-order valence-electron chi connectivity index (χ3n) is 5.51. The van der Waals surface area contributed by atoms with Crippen LogP contribution in [0, 0.1) is 13.8 Å². The maximum atomic E-state index is 13.0. The van der Waals surface area contributed by atoms with Gasteiger partial charge in [-0.05, 0) is 68.3 Å². The van der Waals surface area contributed by atoms with Crippen molar-refractivity contribution in [1.82, 2.24) is 4.90 Å². The second kappa shape index (κ2) is 9.44. The zero-order chi connectivity index (χ0) is 23.5. The van der Waals surface area contributed by atoms with Crippen LogP contribution in [0.15, 0.2) is 71.6 Å². The lowest BCUT2D eigenvalue weighted by Gasteiger charge is -2.26. The standard InChI is InChI=1S/C25H28N2O4S/c1-17-10-11-18(2)24(16-17)32(29,30)26-21-14-12-20(13-15-21)25(28)27(4)19(3)22-8-6-7-9-23(22)31-5/h6-16,19,26H,1-5H3. The molecule has 0 radical (unpaired) electrons. The summed E-state index contributed by atoms with van der Waals surface area (Å²) in [5.74, 6) is 0.545. The van der Waals surface area contributed by atoms with E-state index in [4.69, 9.17) is 4.74 Å². The van der Waals surface area contributed by atoms with Gasteiger partial charge >= 0.3 is 0 Å². The lowest BCUT2D eigenvalue weighted by atomic mass is 10.0. The highest BCUT2D eigenvalue weighted by molar-refractivity contribution is 7.92. The number of sulfonamides is 1. The molecule has 0 saturated heterocycles. The van der Waals surface area contributed by atoms with E-state index in [1.807, 2.05) is 44.2 Å². The quantitative estimate of drug-likeness (QED) is 0.551. The Morgan fingerprint density at radius 1 is 1.00 bits per heavy atom. The Morgan fingerprint density at radius 3 is 2.31 bits per heavy atom. The number of carbonyl (C=O) groups is 1. The van der Waals surface area contributed by atoms with Gasteiger partial charge in [-0.25, -0.2) is 8.42 Å². The van der Waals surface area contributed by atoms with Crippen LogP contribution in [-0.4, -0.2) is 33.4 Å². The van der Waals surface area contributed by atoms with E-state index >= 15 is 0 Å². The van der Waals surface area contributed by atoms with Crippen LogP contribution in [0.1, 0.15) is 40.0 Å². The summed E-state index contributed by atoms with van der Waals surface area (Å²) in [5.41, 5.74) is 3.29. The van der Waals surface area contributed by atoms with Gasteiger partial charge in [0.1, 0.15) is 5.75 Å². The van der Waals surface area contributed by atoms with Crippen LogP contribution < -0.4 is 9.46 Å². The first-order chi connectivity index (χ1) is 15.1. The zero-order valence-corrected chi connectivity index (χ0v) is 19.7. The minimum atomic E-state index is -3.73. The van der Waals surface area contributed by atoms with Gasteiger partial charge in [0.05, 0.1) is 18.0 Å². The molecule has 1 amide bonds. The Kier molecular flexibility index (Phi) is 6.89. The van der Waals surface area contributed by atoms with Crippen LogP contribution in [0.2, 0.25) is 0 Å². The summed E-state index contributed by atoms with van der Waals surface area (Å²) in [6.07, 6.45) is 0. The maximum Gasteiger partial charge on any atom is 0.262 e. The van der Waals surface area contributed by atoms with Crippen LogP contribution >= 0.6 is 0 Å². The molecule has 32 heavy (non-hydrogen) atoms. The molecule has 0 aliphatic carbocycles. The van der Waals surface area contributed by atoms with E-state index in [0.717, 1.165) is 16.9 Å². The highest BCUT2D eigenvalue weighted by Crippen LogP contribution is 2.29. The monoisotopic (exact) mass is 452 g/mol. The molecular formula is C25H28N2O4S. The molecule has 0 heterocycles. The third kappa shape index (κ3) is 4.94. The molecular weight excluding hydrogens is 424 g/mol. The smallest absolute Gasteiger partial charge is 0.262 e. The van der Waals surface area contributed by atoms with Gasteiger partial charge in [0.15, 0.2) is 0 Å². The number of rotatable bonds is 7. The SMILES string of the molecule is COc1ccccc1C(C)N(C)C(=O)c1ccc(NS(=O)(=O)c2cc(C)ccc2C)cc1. The maximum absolute atomic E-state index is 13.0. The minimum absolute atomic E-state index is 0.174. The summed E-state index contributed by atoms with van der Waals surface area (Å²) in [6, 6.07) is 19.1. The molecule has 0 aromatic heterocycles. The fourth-order valence-electron chi connectivity index (χ4n) is 3.49. The number of hydrogen-bond acceptors (Lipinski definition) is 4. The van der Waals surface area contributed by atoms with Gasteiger partial charge in [-0.15, -0.1) is 0 Å². The third-order valence-corrected chi connectivity index (χ3v) is 7.03. The molecule has 0 aliphatic rings. The van der Waals surface area contributed by atoms with Gasteiger partial charge in [0, 0.05) is 23.9 Å². The highest BCUT2D eigenvalue weighted by Gasteiger charge is 2.22. The van der Waals surface area contributed by atoms with Gasteiger partial charge in [-0.1, -0.05) is 30.3 Å². The molecule has 168 valence electrons. The number of anilines is 1. The molecule has 3 aromatic carbocycles. The van der Waals surface area contributed by atoms with Gasteiger partial charge in [-0.3, -0.25) is 9.52 Å². The van der Waals surface area contributed by atoms with Crippen LogP contribution in [0.5, 0.6) is 5.75 Å². The molecule has 3 aromatic rings. The van der Waals surface area contributed by atoms with E-state index in [-0.39, 0.29) is 16.8 Å². The van der Waals surface area contributed by atoms with Gasteiger partial charge in [0.25, 0.3) is 15.9 Å². The highest BCUT2D eigenvalue weighted by atomic mass is 32.2. The normalized spacial score (nSPS) is 12.2. The molecule has 7 heteroatoms. The second-order valence-corrected chi connectivity index (χ2v) is 9.44. The van der Waals surface area contributed by atoms with Crippen LogP contribution in [0.4, 0.5) is 5.69 Å². The summed E-state index contributed by atoms with van der Waals surface area (Å²) in [7, 11) is -0.397. The largest absolute Gasteiger partial charge is 0.496 e. The van der Waals surface area contributed by atoms with Gasteiger partial charge < -0.3 is 9.64 Å². The number of aryl methyl sites for hydroxylation is 2.